The molecule has 0 aromatic heterocycles. The van der Waals surface area contributed by atoms with Crippen molar-refractivity contribution in [1.82, 2.24) is 0 Å². The fraction of sp³-hybridized carbons (Fsp3) is 0.316. The van der Waals surface area contributed by atoms with Gasteiger partial charge in [0.2, 0.25) is 0 Å². The van der Waals surface area contributed by atoms with Crippen LogP contribution < -0.4 is 20.4 Å². The lowest BCUT2D eigenvalue weighted by Gasteiger charge is -2.29. The Labute approximate surface area is 148 Å². The molecule has 6 heteroatoms. The van der Waals surface area contributed by atoms with Crippen molar-refractivity contribution in [2.24, 2.45) is 0 Å². The van der Waals surface area contributed by atoms with Crippen molar-refractivity contribution in [3.8, 4) is 0 Å². The highest BCUT2D eigenvalue weighted by atomic mass is 31.2. The Morgan fingerprint density at radius 3 is 1.68 bits per heavy atom. The zero-order valence-corrected chi connectivity index (χ0v) is 16.1. The third-order valence-electron chi connectivity index (χ3n) is 4.43. The van der Waals surface area contributed by atoms with Crippen LogP contribution in [0.3, 0.4) is 0 Å². The summed E-state index contributed by atoms with van der Waals surface area (Å²) < 4.78 is 19.8. The molecule has 1 aliphatic rings. The number of carbonyl (C=O) groups excluding carboxylic acids is 1. The maximum absolute atomic E-state index is 14.0. The standard InChI is InChI=1S/C19H23N2O3P/c1-6-24-25(23)17-11-13(20(2)3)7-9-15(17)19(22)16-10-8-14(21(4)5)12-18(16)25/h7-12H,6H2,1-5H3. The summed E-state index contributed by atoms with van der Waals surface area (Å²) in [7, 11) is 4.31. The lowest BCUT2D eigenvalue weighted by Crippen LogP contribution is -2.34. The molecule has 0 N–H and O–H groups in total. The molecule has 0 fully saturated rings. The van der Waals surface area contributed by atoms with E-state index < -0.39 is 7.37 Å². The van der Waals surface area contributed by atoms with E-state index in [0.29, 0.717) is 28.3 Å². The van der Waals surface area contributed by atoms with E-state index >= 15 is 0 Å². The zero-order valence-electron chi connectivity index (χ0n) is 15.2. The van der Waals surface area contributed by atoms with Crippen LogP contribution in [0.25, 0.3) is 0 Å². The minimum Gasteiger partial charge on any atom is -0.378 e. The van der Waals surface area contributed by atoms with Crippen LogP contribution in [0.15, 0.2) is 36.4 Å². The van der Waals surface area contributed by atoms with Crippen LogP contribution in [0.4, 0.5) is 11.4 Å². The number of ketones is 1. The molecule has 0 bridgehead atoms. The third kappa shape index (κ3) is 2.78. The number of hydrogen-bond acceptors (Lipinski definition) is 5. The highest BCUT2D eigenvalue weighted by molar-refractivity contribution is 7.75. The smallest absolute Gasteiger partial charge is 0.262 e. The first-order valence-electron chi connectivity index (χ1n) is 8.22. The van der Waals surface area contributed by atoms with E-state index in [1.807, 2.05) is 69.2 Å². The van der Waals surface area contributed by atoms with E-state index in [1.54, 1.807) is 12.1 Å². The second-order valence-corrected chi connectivity index (χ2v) is 8.81. The van der Waals surface area contributed by atoms with E-state index in [0.717, 1.165) is 11.4 Å². The van der Waals surface area contributed by atoms with Gasteiger partial charge < -0.3 is 14.3 Å². The molecule has 0 unspecified atom stereocenters. The molecule has 3 rings (SSSR count). The third-order valence-corrected chi connectivity index (χ3v) is 7.06. The zero-order chi connectivity index (χ0) is 18.4. The number of benzene rings is 2. The van der Waals surface area contributed by atoms with Crippen molar-refractivity contribution >= 4 is 35.1 Å². The predicted octanol–water partition coefficient (Wildman–Crippen LogP) is 2.63. The van der Waals surface area contributed by atoms with Gasteiger partial charge in [0.1, 0.15) is 0 Å². The van der Waals surface area contributed by atoms with Crippen molar-refractivity contribution < 1.29 is 13.9 Å². The Kier molecular flexibility index (Phi) is 4.48. The first-order chi connectivity index (χ1) is 11.8. The molecule has 132 valence electrons. The minimum absolute atomic E-state index is 0.105. The topological polar surface area (TPSA) is 49.9 Å². The average molecular weight is 358 g/mol. The Hall–Kier alpha value is -2.10. The second kappa shape index (κ2) is 6.32. The van der Waals surface area contributed by atoms with Gasteiger partial charge in [-0.15, -0.1) is 0 Å². The second-order valence-electron chi connectivity index (χ2n) is 6.49. The Balaban J connectivity index is 2.32. The number of fused-ring (bicyclic) bond motifs is 2. The first-order valence-corrected chi connectivity index (χ1v) is 9.85. The van der Waals surface area contributed by atoms with Gasteiger partial charge >= 0.3 is 0 Å². The van der Waals surface area contributed by atoms with Crippen LogP contribution >= 0.6 is 7.37 Å². The molecule has 1 heterocycles. The van der Waals surface area contributed by atoms with Gasteiger partial charge in [-0.25, -0.2) is 0 Å². The molecule has 0 amide bonds. The largest absolute Gasteiger partial charge is 0.378 e. The van der Waals surface area contributed by atoms with E-state index in [4.69, 9.17) is 4.52 Å². The average Bonchev–Trinajstić information content (AvgIpc) is 2.59. The molecule has 5 nitrogen and oxygen atoms in total. The van der Waals surface area contributed by atoms with E-state index in [2.05, 4.69) is 0 Å². The highest BCUT2D eigenvalue weighted by Gasteiger charge is 2.41. The molecule has 0 spiro atoms. The lowest BCUT2D eigenvalue weighted by atomic mass is 10.0. The predicted molar refractivity (Wildman–Crippen MR) is 103 cm³/mol. The molecule has 0 atom stereocenters. The van der Waals surface area contributed by atoms with Crippen molar-refractivity contribution in [1.29, 1.82) is 0 Å². The number of nitrogens with zero attached hydrogens (tertiary/aromatic N) is 2. The van der Waals surface area contributed by atoms with Crippen molar-refractivity contribution in [3.05, 3.63) is 47.5 Å². The minimum atomic E-state index is -3.34. The van der Waals surface area contributed by atoms with Crippen molar-refractivity contribution in [2.75, 3.05) is 44.6 Å². The van der Waals surface area contributed by atoms with Gasteiger partial charge in [0.25, 0.3) is 7.37 Å². The normalized spacial score (nSPS) is 14.7. The SMILES string of the molecule is CCOP1(=O)c2cc(N(C)C)ccc2C(=O)c2ccc(N(C)C)cc21. The van der Waals surface area contributed by atoms with E-state index in [-0.39, 0.29) is 5.78 Å². The molecule has 2 aromatic rings. The molecular formula is C19H23N2O3P. The number of hydrogen-bond donors (Lipinski definition) is 0. The summed E-state index contributed by atoms with van der Waals surface area (Å²) in [4.78, 5) is 16.8. The van der Waals surface area contributed by atoms with Gasteiger partial charge in [-0.2, -0.15) is 0 Å². The summed E-state index contributed by atoms with van der Waals surface area (Å²) in [5.74, 6) is -0.105. The van der Waals surface area contributed by atoms with Gasteiger partial charge in [0, 0.05) is 50.7 Å². The molecule has 0 saturated carbocycles. The van der Waals surface area contributed by atoms with Crippen LogP contribution in [0.5, 0.6) is 0 Å². The first kappa shape index (κ1) is 17.7. The molecule has 2 aromatic carbocycles. The van der Waals surface area contributed by atoms with Crippen LogP contribution in [-0.4, -0.2) is 40.6 Å². The molecular weight excluding hydrogens is 335 g/mol. The maximum Gasteiger partial charge on any atom is 0.262 e. The Morgan fingerprint density at radius 1 is 0.880 bits per heavy atom. The summed E-state index contributed by atoms with van der Waals surface area (Å²) in [5.41, 5.74) is 2.71. The summed E-state index contributed by atoms with van der Waals surface area (Å²) in [6.07, 6.45) is 0. The van der Waals surface area contributed by atoms with Gasteiger partial charge in [0.15, 0.2) is 5.78 Å². The summed E-state index contributed by atoms with van der Waals surface area (Å²) in [5, 5.41) is 0.989. The molecule has 0 radical (unpaired) electrons. The Morgan fingerprint density at radius 2 is 1.32 bits per heavy atom. The molecule has 1 aliphatic heterocycles. The van der Waals surface area contributed by atoms with Crippen LogP contribution in [0.1, 0.15) is 22.8 Å². The van der Waals surface area contributed by atoms with Crippen molar-refractivity contribution in [3.63, 3.8) is 0 Å². The summed E-state index contributed by atoms with van der Waals surface area (Å²) in [6.45, 7) is 2.13. The van der Waals surface area contributed by atoms with Crippen molar-refractivity contribution in [2.45, 2.75) is 6.92 Å². The number of rotatable bonds is 4. The maximum atomic E-state index is 14.0. The van der Waals surface area contributed by atoms with Gasteiger partial charge in [0.05, 0.1) is 17.2 Å². The van der Waals surface area contributed by atoms with Crippen LogP contribution in [0, 0.1) is 0 Å². The number of anilines is 2. The van der Waals surface area contributed by atoms with Crippen LogP contribution in [-0.2, 0) is 9.09 Å². The van der Waals surface area contributed by atoms with E-state index in [9.17, 15) is 9.36 Å². The van der Waals surface area contributed by atoms with Gasteiger partial charge in [-0.1, -0.05) is 0 Å². The van der Waals surface area contributed by atoms with Gasteiger partial charge in [-0.05, 0) is 43.3 Å². The van der Waals surface area contributed by atoms with E-state index in [1.165, 1.54) is 0 Å². The highest BCUT2D eigenvalue weighted by Crippen LogP contribution is 2.50. The van der Waals surface area contributed by atoms with Gasteiger partial charge in [-0.3, -0.25) is 9.36 Å². The fourth-order valence-electron chi connectivity index (χ4n) is 3.06. The lowest BCUT2D eigenvalue weighted by molar-refractivity contribution is 0.103. The monoisotopic (exact) mass is 358 g/mol. The summed E-state index contributed by atoms with van der Waals surface area (Å²) >= 11 is 0. The molecule has 25 heavy (non-hydrogen) atoms. The fourth-order valence-corrected chi connectivity index (χ4v) is 5.56. The molecule has 0 saturated heterocycles. The number of carbonyl (C=O) groups is 1. The van der Waals surface area contributed by atoms with Crippen LogP contribution in [0.2, 0.25) is 0 Å². The Bertz CT molecular complexity index is 825. The summed E-state index contributed by atoms with van der Waals surface area (Å²) in [6, 6.07) is 10.9. The molecule has 0 aliphatic carbocycles. The quantitative estimate of drug-likeness (QED) is 0.787.